The van der Waals surface area contributed by atoms with Crippen molar-refractivity contribution in [3.8, 4) is 11.1 Å². The van der Waals surface area contributed by atoms with Crippen LogP contribution in [0.25, 0.3) is 11.1 Å². The molecular formula is C16H15NO3S. The highest BCUT2D eigenvalue weighted by molar-refractivity contribution is 8.00. The van der Waals surface area contributed by atoms with Crippen LogP contribution in [0.1, 0.15) is 0 Å². The summed E-state index contributed by atoms with van der Waals surface area (Å²) in [6.45, 7) is 0. The van der Waals surface area contributed by atoms with Gasteiger partial charge in [-0.05, 0) is 11.6 Å². The Balaban J connectivity index is 2.07. The van der Waals surface area contributed by atoms with Crippen molar-refractivity contribution in [3.63, 3.8) is 0 Å². The predicted octanol–water partition coefficient (Wildman–Crippen LogP) is 3.11. The van der Waals surface area contributed by atoms with Gasteiger partial charge in [0.1, 0.15) is 0 Å². The lowest BCUT2D eigenvalue weighted by Crippen LogP contribution is -2.16. The van der Waals surface area contributed by atoms with E-state index in [0.717, 1.165) is 28.6 Å². The summed E-state index contributed by atoms with van der Waals surface area (Å²) in [5.74, 6) is -1.08. The molecule has 0 unspecified atom stereocenters. The number of carboxylic acids is 1. The molecular weight excluding hydrogens is 286 g/mol. The molecule has 5 heteroatoms. The molecule has 0 heterocycles. The molecule has 2 rings (SSSR count). The number of benzene rings is 2. The first-order valence-corrected chi connectivity index (χ1v) is 7.56. The Hall–Kier alpha value is -2.27. The fraction of sp³-hybridized carbons (Fsp3) is 0.125. The third-order valence-electron chi connectivity index (χ3n) is 2.74. The van der Waals surface area contributed by atoms with Crippen LogP contribution in [0.2, 0.25) is 0 Å². The third-order valence-corrected chi connectivity index (χ3v) is 3.66. The van der Waals surface area contributed by atoms with Crippen molar-refractivity contribution < 1.29 is 14.7 Å². The number of carbonyl (C=O) groups excluding carboxylic acids is 1. The SMILES string of the molecule is O=C(O)CSCC(=O)Nc1ccccc1-c1ccccc1. The Morgan fingerprint density at radius 1 is 0.952 bits per heavy atom. The normalized spacial score (nSPS) is 10.1. The van der Waals surface area contributed by atoms with Gasteiger partial charge in [0.25, 0.3) is 0 Å². The smallest absolute Gasteiger partial charge is 0.313 e. The van der Waals surface area contributed by atoms with Gasteiger partial charge in [0.05, 0.1) is 11.5 Å². The van der Waals surface area contributed by atoms with Crippen molar-refractivity contribution >= 4 is 29.3 Å². The van der Waals surface area contributed by atoms with Crippen molar-refractivity contribution in [3.05, 3.63) is 54.6 Å². The summed E-state index contributed by atoms with van der Waals surface area (Å²) in [6.07, 6.45) is 0. The summed E-state index contributed by atoms with van der Waals surface area (Å²) in [7, 11) is 0. The first-order valence-electron chi connectivity index (χ1n) is 6.40. The third kappa shape index (κ3) is 4.65. The van der Waals surface area contributed by atoms with E-state index in [9.17, 15) is 9.59 Å². The maximum Gasteiger partial charge on any atom is 0.313 e. The number of thioether (sulfide) groups is 1. The van der Waals surface area contributed by atoms with Crippen LogP contribution in [0.5, 0.6) is 0 Å². The molecule has 108 valence electrons. The van der Waals surface area contributed by atoms with Crippen molar-refractivity contribution in [2.24, 2.45) is 0 Å². The van der Waals surface area contributed by atoms with Gasteiger partial charge in [-0.3, -0.25) is 9.59 Å². The zero-order valence-corrected chi connectivity index (χ0v) is 12.1. The van der Waals surface area contributed by atoms with Gasteiger partial charge in [-0.25, -0.2) is 0 Å². The van der Waals surface area contributed by atoms with Gasteiger partial charge in [-0.15, -0.1) is 11.8 Å². The number of hydrogen-bond acceptors (Lipinski definition) is 3. The minimum Gasteiger partial charge on any atom is -0.481 e. The van der Waals surface area contributed by atoms with E-state index in [1.54, 1.807) is 0 Å². The predicted molar refractivity (Wildman–Crippen MR) is 85.5 cm³/mol. The number of nitrogens with one attached hydrogen (secondary N) is 1. The summed E-state index contributed by atoms with van der Waals surface area (Å²) in [5, 5.41) is 11.4. The van der Waals surface area contributed by atoms with E-state index in [1.807, 2.05) is 54.6 Å². The molecule has 0 saturated heterocycles. The van der Waals surface area contributed by atoms with E-state index in [0.29, 0.717) is 0 Å². The molecule has 2 N–H and O–H groups in total. The largest absolute Gasteiger partial charge is 0.481 e. The van der Waals surface area contributed by atoms with Crippen LogP contribution in [0.3, 0.4) is 0 Å². The van der Waals surface area contributed by atoms with E-state index in [-0.39, 0.29) is 17.4 Å². The molecule has 4 nitrogen and oxygen atoms in total. The van der Waals surface area contributed by atoms with Crippen molar-refractivity contribution in [2.45, 2.75) is 0 Å². The molecule has 0 fully saturated rings. The Morgan fingerprint density at radius 2 is 1.62 bits per heavy atom. The second-order valence-electron chi connectivity index (χ2n) is 4.35. The van der Waals surface area contributed by atoms with Crippen LogP contribution in [0, 0.1) is 0 Å². The fourth-order valence-corrected chi connectivity index (χ4v) is 2.41. The molecule has 0 atom stereocenters. The maximum absolute atomic E-state index is 11.9. The van der Waals surface area contributed by atoms with E-state index in [1.165, 1.54) is 0 Å². The van der Waals surface area contributed by atoms with Gasteiger partial charge in [-0.1, -0.05) is 48.5 Å². The van der Waals surface area contributed by atoms with Gasteiger partial charge >= 0.3 is 5.97 Å². The number of anilines is 1. The van der Waals surface area contributed by atoms with Crippen molar-refractivity contribution in [2.75, 3.05) is 16.8 Å². The molecule has 0 bridgehead atoms. The Morgan fingerprint density at radius 3 is 2.33 bits per heavy atom. The molecule has 0 spiro atoms. The number of rotatable bonds is 6. The lowest BCUT2D eigenvalue weighted by atomic mass is 10.0. The molecule has 0 aliphatic rings. The van der Waals surface area contributed by atoms with Crippen LogP contribution < -0.4 is 5.32 Å². The van der Waals surface area contributed by atoms with Crippen LogP contribution in [0.4, 0.5) is 5.69 Å². The summed E-state index contributed by atoms with van der Waals surface area (Å²) < 4.78 is 0. The van der Waals surface area contributed by atoms with E-state index >= 15 is 0 Å². The molecule has 0 aromatic heterocycles. The monoisotopic (exact) mass is 301 g/mol. The average Bonchev–Trinajstić information content (AvgIpc) is 2.48. The van der Waals surface area contributed by atoms with Crippen molar-refractivity contribution in [1.29, 1.82) is 0 Å². The number of hydrogen-bond donors (Lipinski definition) is 2. The molecule has 0 radical (unpaired) electrons. The number of carbonyl (C=O) groups is 2. The zero-order valence-electron chi connectivity index (χ0n) is 11.3. The Labute approximate surface area is 127 Å². The van der Waals surface area contributed by atoms with Gasteiger partial charge in [-0.2, -0.15) is 0 Å². The molecule has 1 amide bonds. The Kier molecular flexibility index (Phi) is 5.40. The number of amides is 1. The number of carboxylic acid groups (broad SMARTS) is 1. The van der Waals surface area contributed by atoms with Crippen LogP contribution in [-0.2, 0) is 9.59 Å². The van der Waals surface area contributed by atoms with Crippen LogP contribution >= 0.6 is 11.8 Å². The van der Waals surface area contributed by atoms with Gasteiger partial charge in [0.15, 0.2) is 0 Å². The topological polar surface area (TPSA) is 66.4 Å². The van der Waals surface area contributed by atoms with E-state index in [4.69, 9.17) is 5.11 Å². The van der Waals surface area contributed by atoms with E-state index in [2.05, 4.69) is 5.32 Å². The quantitative estimate of drug-likeness (QED) is 0.860. The minimum absolute atomic E-state index is 0.0756. The summed E-state index contributed by atoms with van der Waals surface area (Å²) in [4.78, 5) is 22.3. The highest BCUT2D eigenvalue weighted by Gasteiger charge is 2.08. The summed E-state index contributed by atoms with van der Waals surface area (Å²) >= 11 is 1.08. The van der Waals surface area contributed by atoms with Crippen LogP contribution in [0.15, 0.2) is 54.6 Å². The van der Waals surface area contributed by atoms with Gasteiger partial charge < -0.3 is 10.4 Å². The first-order chi connectivity index (χ1) is 10.2. The Bertz CT molecular complexity index is 628. The lowest BCUT2D eigenvalue weighted by molar-refractivity contribution is -0.133. The van der Waals surface area contributed by atoms with E-state index < -0.39 is 5.97 Å². The molecule has 0 aliphatic heterocycles. The fourth-order valence-electron chi connectivity index (χ4n) is 1.88. The molecule has 2 aromatic carbocycles. The maximum atomic E-state index is 11.9. The molecule has 2 aromatic rings. The second-order valence-corrected chi connectivity index (χ2v) is 5.33. The van der Waals surface area contributed by atoms with Gasteiger partial charge in [0, 0.05) is 11.3 Å². The summed E-state index contributed by atoms with van der Waals surface area (Å²) in [5.41, 5.74) is 2.69. The second kappa shape index (κ2) is 7.50. The first kappa shape index (κ1) is 15.1. The minimum atomic E-state index is -0.919. The lowest BCUT2D eigenvalue weighted by Gasteiger charge is -2.11. The zero-order chi connectivity index (χ0) is 15.1. The molecule has 0 aliphatic carbocycles. The average molecular weight is 301 g/mol. The highest BCUT2D eigenvalue weighted by Crippen LogP contribution is 2.27. The molecule has 0 saturated carbocycles. The molecule has 21 heavy (non-hydrogen) atoms. The number of para-hydroxylation sites is 1. The van der Waals surface area contributed by atoms with Gasteiger partial charge in [0.2, 0.25) is 5.91 Å². The van der Waals surface area contributed by atoms with Crippen molar-refractivity contribution in [1.82, 2.24) is 0 Å². The number of aliphatic carboxylic acids is 1. The summed E-state index contributed by atoms with van der Waals surface area (Å²) in [6, 6.07) is 17.3. The highest BCUT2D eigenvalue weighted by atomic mass is 32.2. The van der Waals surface area contributed by atoms with Crippen LogP contribution in [-0.4, -0.2) is 28.5 Å². The standard InChI is InChI=1S/C16H15NO3S/c18-15(10-21-11-16(19)20)17-14-9-5-4-8-13(14)12-6-2-1-3-7-12/h1-9H,10-11H2,(H,17,18)(H,19,20).